The minimum Gasteiger partial charge on any atom is -0.359 e. The molecule has 5 nitrogen and oxygen atoms in total. The van der Waals surface area contributed by atoms with Gasteiger partial charge in [0.25, 0.3) is 0 Å². The van der Waals surface area contributed by atoms with Crippen LogP contribution >= 0.6 is 0 Å². The Kier molecular flexibility index (Phi) is 3.36. The topological polar surface area (TPSA) is 65.2 Å². The van der Waals surface area contributed by atoms with Crippen LogP contribution in [0.15, 0.2) is 18.3 Å². The van der Waals surface area contributed by atoms with Crippen LogP contribution in [0.1, 0.15) is 16.9 Å². The van der Waals surface area contributed by atoms with Gasteiger partial charge in [-0.2, -0.15) is 0 Å². The van der Waals surface area contributed by atoms with E-state index >= 15 is 0 Å². The van der Waals surface area contributed by atoms with E-state index in [0.717, 1.165) is 6.54 Å². The van der Waals surface area contributed by atoms with Crippen molar-refractivity contribution in [3.05, 3.63) is 24.0 Å². The number of rotatable bonds is 3. The second-order valence-corrected chi connectivity index (χ2v) is 3.88. The minimum atomic E-state index is 0.0647. The van der Waals surface area contributed by atoms with Crippen LogP contribution in [0.5, 0.6) is 0 Å². The zero-order valence-electron chi connectivity index (χ0n) is 9.03. The lowest BCUT2D eigenvalue weighted by molar-refractivity contribution is -0.120. The average Bonchev–Trinajstić information content (AvgIpc) is 2.72. The molecule has 2 N–H and O–H groups in total. The molecule has 1 aliphatic heterocycles. The fourth-order valence-corrected chi connectivity index (χ4v) is 1.76. The quantitative estimate of drug-likeness (QED) is 0.707. The molecule has 1 aromatic rings. The molecule has 2 rings (SSSR count). The van der Waals surface area contributed by atoms with E-state index in [4.69, 9.17) is 0 Å². The maximum Gasteiger partial charge on any atom is 0.221 e. The van der Waals surface area contributed by atoms with Gasteiger partial charge in [-0.3, -0.25) is 14.5 Å². The molecule has 1 aliphatic rings. The summed E-state index contributed by atoms with van der Waals surface area (Å²) in [4.78, 5) is 27.8. The molecule has 0 atom stereocenters. The van der Waals surface area contributed by atoms with Crippen LogP contribution in [0.4, 0.5) is 0 Å². The van der Waals surface area contributed by atoms with E-state index in [1.165, 1.54) is 0 Å². The van der Waals surface area contributed by atoms with Crippen molar-refractivity contribution in [2.75, 3.05) is 26.2 Å². The second-order valence-electron chi connectivity index (χ2n) is 3.88. The van der Waals surface area contributed by atoms with Crippen LogP contribution in [0, 0.1) is 0 Å². The minimum absolute atomic E-state index is 0.0647. The maximum atomic E-state index is 11.8. The number of amides is 1. The number of hydrogen-bond donors (Lipinski definition) is 2. The van der Waals surface area contributed by atoms with Crippen LogP contribution < -0.4 is 5.32 Å². The number of aromatic amines is 1. The van der Waals surface area contributed by atoms with E-state index < -0.39 is 0 Å². The molecule has 0 radical (unpaired) electrons. The molecule has 0 aliphatic carbocycles. The van der Waals surface area contributed by atoms with Crippen molar-refractivity contribution in [2.45, 2.75) is 6.42 Å². The normalized spacial score (nSPS) is 17.9. The van der Waals surface area contributed by atoms with Crippen molar-refractivity contribution >= 4 is 11.7 Å². The maximum absolute atomic E-state index is 11.8. The van der Waals surface area contributed by atoms with E-state index in [1.807, 2.05) is 4.90 Å². The Morgan fingerprint density at radius 3 is 3.06 bits per heavy atom. The molecular weight excluding hydrogens is 206 g/mol. The number of ketones is 1. The van der Waals surface area contributed by atoms with E-state index in [-0.39, 0.29) is 11.7 Å². The fraction of sp³-hybridized carbons (Fsp3) is 0.455. The first-order valence-corrected chi connectivity index (χ1v) is 5.41. The molecule has 0 saturated carbocycles. The Hall–Kier alpha value is -1.62. The standard InChI is InChI=1S/C11H15N3O2/c15-10(9-2-1-4-12-9)8-14-6-3-11(16)13-5-7-14/h1-2,4,12H,3,5-8H2,(H,13,16). The number of nitrogens with one attached hydrogen (secondary N) is 2. The highest BCUT2D eigenvalue weighted by atomic mass is 16.1. The summed E-state index contributed by atoms with van der Waals surface area (Å²) >= 11 is 0. The van der Waals surface area contributed by atoms with Gasteiger partial charge in [-0.1, -0.05) is 0 Å². The number of hydrogen-bond acceptors (Lipinski definition) is 3. The van der Waals surface area contributed by atoms with Gasteiger partial charge in [-0.05, 0) is 12.1 Å². The molecule has 1 aromatic heterocycles. The van der Waals surface area contributed by atoms with Crippen molar-refractivity contribution in [3.8, 4) is 0 Å². The predicted molar refractivity (Wildman–Crippen MR) is 59.2 cm³/mol. The number of H-pyrrole nitrogens is 1. The summed E-state index contributed by atoms with van der Waals surface area (Å²) in [5.74, 6) is 0.133. The smallest absolute Gasteiger partial charge is 0.221 e. The average molecular weight is 221 g/mol. The summed E-state index contributed by atoms with van der Waals surface area (Å²) in [7, 11) is 0. The molecule has 5 heteroatoms. The molecule has 86 valence electrons. The zero-order chi connectivity index (χ0) is 11.4. The van der Waals surface area contributed by atoms with E-state index in [0.29, 0.717) is 31.7 Å². The van der Waals surface area contributed by atoms with E-state index in [9.17, 15) is 9.59 Å². The van der Waals surface area contributed by atoms with E-state index in [2.05, 4.69) is 10.3 Å². The Morgan fingerprint density at radius 1 is 1.44 bits per heavy atom. The molecule has 1 fully saturated rings. The lowest BCUT2D eigenvalue weighted by atomic mass is 10.2. The van der Waals surface area contributed by atoms with Crippen LogP contribution in [-0.2, 0) is 4.79 Å². The van der Waals surface area contributed by atoms with Crippen molar-refractivity contribution in [3.63, 3.8) is 0 Å². The third-order valence-corrected chi connectivity index (χ3v) is 2.67. The lowest BCUT2D eigenvalue weighted by Gasteiger charge is -2.17. The predicted octanol–water partition coefficient (Wildman–Crippen LogP) is 0.0193. The first-order valence-electron chi connectivity index (χ1n) is 5.41. The Morgan fingerprint density at radius 2 is 2.31 bits per heavy atom. The van der Waals surface area contributed by atoms with Gasteiger partial charge < -0.3 is 10.3 Å². The zero-order valence-corrected chi connectivity index (χ0v) is 9.03. The van der Waals surface area contributed by atoms with Gasteiger partial charge in [0.2, 0.25) is 5.91 Å². The number of nitrogens with zero attached hydrogens (tertiary/aromatic N) is 1. The molecule has 1 saturated heterocycles. The highest BCUT2D eigenvalue weighted by Crippen LogP contribution is 2.01. The fourth-order valence-electron chi connectivity index (χ4n) is 1.76. The first-order chi connectivity index (χ1) is 7.75. The van der Waals surface area contributed by atoms with Gasteiger partial charge in [-0.15, -0.1) is 0 Å². The first kappa shape index (κ1) is 10.9. The third-order valence-electron chi connectivity index (χ3n) is 2.67. The summed E-state index contributed by atoms with van der Waals surface area (Å²) in [5, 5.41) is 2.78. The summed E-state index contributed by atoms with van der Waals surface area (Å²) < 4.78 is 0. The van der Waals surface area contributed by atoms with Gasteiger partial charge in [0.05, 0.1) is 12.2 Å². The van der Waals surface area contributed by atoms with Crippen molar-refractivity contribution in [1.82, 2.24) is 15.2 Å². The number of Topliss-reactive ketones (excluding diaryl/α,β-unsaturated/α-hetero) is 1. The van der Waals surface area contributed by atoms with Crippen molar-refractivity contribution in [1.29, 1.82) is 0 Å². The summed E-state index contributed by atoms with van der Waals surface area (Å²) in [6.07, 6.45) is 2.21. The third kappa shape index (κ3) is 2.70. The molecular formula is C11H15N3O2. The summed E-state index contributed by atoms with van der Waals surface area (Å²) in [6, 6.07) is 3.57. The van der Waals surface area contributed by atoms with Gasteiger partial charge in [0, 0.05) is 32.3 Å². The molecule has 0 aromatic carbocycles. The second kappa shape index (κ2) is 4.94. The highest BCUT2D eigenvalue weighted by molar-refractivity contribution is 5.95. The molecule has 2 heterocycles. The van der Waals surface area contributed by atoms with Gasteiger partial charge >= 0.3 is 0 Å². The van der Waals surface area contributed by atoms with Gasteiger partial charge in [0.15, 0.2) is 5.78 Å². The summed E-state index contributed by atoms with van der Waals surface area (Å²) in [6.45, 7) is 2.38. The SMILES string of the molecule is O=C1CCN(CC(=O)c2ccc[nH]2)CCN1. The summed E-state index contributed by atoms with van der Waals surface area (Å²) in [5.41, 5.74) is 0.628. The van der Waals surface area contributed by atoms with Crippen molar-refractivity contribution < 1.29 is 9.59 Å². The lowest BCUT2D eigenvalue weighted by Crippen LogP contribution is -2.33. The molecule has 0 unspecified atom stereocenters. The monoisotopic (exact) mass is 221 g/mol. The molecule has 16 heavy (non-hydrogen) atoms. The largest absolute Gasteiger partial charge is 0.359 e. The van der Waals surface area contributed by atoms with Crippen molar-refractivity contribution in [2.24, 2.45) is 0 Å². The van der Waals surface area contributed by atoms with Crippen LogP contribution in [-0.4, -0.2) is 47.8 Å². The molecule has 0 bridgehead atoms. The van der Waals surface area contributed by atoms with Gasteiger partial charge in [-0.25, -0.2) is 0 Å². The van der Waals surface area contributed by atoms with Gasteiger partial charge in [0.1, 0.15) is 0 Å². The molecule has 1 amide bonds. The highest BCUT2D eigenvalue weighted by Gasteiger charge is 2.16. The van der Waals surface area contributed by atoms with Crippen LogP contribution in [0.2, 0.25) is 0 Å². The Labute approximate surface area is 93.8 Å². The Bertz CT molecular complexity index is 373. The number of aromatic nitrogens is 1. The van der Waals surface area contributed by atoms with E-state index in [1.54, 1.807) is 18.3 Å². The number of carbonyl (C=O) groups is 2. The molecule has 0 spiro atoms. The number of carbonyl (C=O) groups excluding carboxylic acids is 2. The van der Waals surface area contributed by atoms with Crippen LogP contribution in [0.25, 0.3) is 0 Å². The Balaban J connectivity index is 1.89. The van der Waals surface area contributed by atoms with Crippen LogP contribution in [0.3, 0.4) is 0 Å².